The normalized spacial score (nSPS) is 11.0. The minimum atomic E-state index is -0.470. The first-order chi connectivity index (χ1) is 40.5. The number of ether oxygens (including phenoxy) is 3. The van der Waals surface area contributed by atoms with Crippen LogP contribution in [0.2, 0.25) is 0 Å². The van der Waals surface area contributed by atoms with E-state index in [-0.39, 0.29) is 77.0 Å². The van der Waals surface area contributed by atoms with E-state index in [1.165, 1.54) is 7.11 Å². The molecule has 84 heavy (non-hydrogen) atoms. The largest absolute Gasteiger partial charge is 0.469 e. The van der Waals surface area contributed by atoms with Crippen LogP contribution in [-0.2, 0) is 71.7 Å². The van der Waals surface area contributed by atoms with Gasteiger partial charge in [-0.2, -0.15) is 0 Å². The zero-order valence-corrected chi connectivity index (χ0v) is 52.8. The third-order valence-corrected chi connectivity index (χ3v) is 15.3. The van der Waals surface area contributed by atoms with Crippen LogP contribution in [0.4, 0.5) is 0 Å². The molecule has 0 aliphatic heterocycles. The number of hydrogen-bond donors (Lipinski definition) is 0. The third kappa shape index (κ3) is 56.3. The summed E-state index contributed by atoms with van der Waals surface area (Å²) in [6, 6.07) is 0. The lowest BCUT2D eigenvalue weighted by Crippen LogP contribution is -2.10. The van der Waals surface area contributed by atoms with Gasteiger partial charge in [0.1, 0.15) is 52.0 Å². The van der Waals surface area contributed by atoms with Crippen LogP contribution < -0.4 is 0 Å². The first-order valence-electron chi connectivity index (χ1n) is 33.2. The van der Waals surface area contributed by atoms with E-state index >= 15 is 0 Å². The third-order valence-electron chi connectivity index (χ3n) is 15.3. The Bertz CT molecular complexity index is 1900. The summed E-state index contributed by atoms with van der Waals surface area (Å²) in [4.78, 5) is 145. The maximum atomic E-state index is 12.4. The number of unbranched alkanes of at least 4 members (excludes halogenated alkanes) is 20. The van der Waals surface area contributed by atoms with Crippen molar-refractivity contribution in [3.05, 3.63) is 12.2 Å². The molecule has 0 spiro atoms. The molecule has 0 atom stereocenters. The highest BCUT2D eigenvalue weighted by molar-refractivity contribution is 5.87. The van der Waals surface area contributed by atoms with Gasteiger partial charge < -0.3 is 14.2 Å². The minimum absolute atomic E-state index is 0.148. The molecule has 15 heteroatoms. The van der Waals surface area contributed by atoms with Crippen molar-refractivity contribution in [1.29, 1.82) is 0 Å². The van der Waals surface area contributed by atoms with E-state index in [2.05, 4.69) is 11.3 Å². The number of hydrogen-bond acceptors (Lipinski definition) is 15. The van der Waals surface area contributed by atoms with Crippen molar-refractivity contribution in [2.45, 2.75) is 334 Å². The summed E-state index contributed by atoms with van der Waals surface area (Å²) in [5, 5.41) is 0. The molecule has 0 bridgehead atoms. The van der Waals surface area contributed by atoms with Crippen LogP contribution in [0.15, 0.2) is 12.2 Å². The number of rotatable bonds is 65. The summed E-state index contributed by atoms with van der Waals surface area (Å²) in [5.74, 6) is 1.17. The summed E-state index contributed by atoms with van der Waals surface area (Å²) in [7, 11) is 1.38. The number of esters is 3. The highest BCUT2D eigenvalue weighted by Crippen LogP contribution is 2.17. The summed E-state index contributed by atoms with van der Waals surface area (Å²) < 4.78 is 14.8. The van der Waals surface area contributed by atoms with Crippen LogP contribution in [0.25, 0.3) is 0 Å². The molecule has 0 N–H and O–H groups in total. The molecule has 0 heterocycles. The Morgan fingerprint density at radius 1 is 0.226 bits per heavy atom. The molecule has 480 valence electrons. The maximum Gasteiger partial charge on any atom is 0.333 e. The number of Topliss-reactive ketones (excluding diaryl/α,β-unsaturated/α-hetero) is 9. The van der Waals surface area contributed by atoms with Crippen LogP contribution in [0.3, 0.4) is 0 Å². The fourth-order valence-corrected chi connectivity index (χ4v) is 9.93. The Labute approximate surface area is 506 Å². The average molecular weight is 1180 g/mol. The van der Waals surface area contributed by atoms with Crippen molar-refractivity contribution in [3.63, 3.8) is 0 Å². The molecular weight excluding hydrogens is 1070 g/mol. The van der Waals surface area contributed by atoms with Crippen LogP contribution in [-0.4, -0.2) is 90.3 Å². The molecule has 0 saturated carbocycles. The molecule has 0 rings (SSSR count). The van der Waals surface area contributed by atoms with Gasteiger partial charge >= 0.3 is 17.9 Å². The van der Waals surface area contributed by atoms with E-state index in [9.17, 15) is 57.5 Å². The monoisotopic (exact) mass is 1180 g/mol. The van der Waals surface area contributed by atoms with Gasteiger partial charge in [-0.15, -0.1) is 0 Å². The summed E-state index contributed by atoms with van der Waals surface area (Å²) in [6.45, 7) is 5.52. The van der Waals surface area contributed by atoms with Gasteiger partial charge in [-0.1, -0.05) is 64.4 Å². The number of carbonyl (C=O) groups is 12. The molecule has 0 radical (unpaired) electrons. The molecule has 0 amide bonds. The second-order valence-electron chi connectivity index (χ2n) is 23.5. The van der Waals surface area contributed by atoms with Crippen molar-refractivity contribution in [2.75, 3.05) is 20.3 Å². The predicted molar refractivity (Wildman–Crippen MR) is 329 cm³/mol. The van der Waals surface area contributed by atoms with E-state index in [0.29, 0.717) is 147 Å². The standard InChI is InChI=1S/C69H114O15/c1-57(2)69(81)84-56-34-54-68(80)83-55-33-13-31-52-66(78)50-29-11-27-48-64(76)46-25-9-23-44-62(74)42-21-7-19-40-60(72)38-17-5-15-36-58(70)35-14-4-16-37-59(71)39-18-6-20-41-61(73)43-22-8-24-45-63(75)47-26-10-28-49-65(77)51-30-12-32-53-67(79)82-3/h1,4-56H2,2-3H3. The molecule has 0 unspecified atom stereocenters. The van der Waals surface area contributed by atoms with E-state index in [0.717, 1.165) is 186 Å². The fraction of sp³-hybridized carbons (Fsp3) is 0.797. The molecule has 0 saturated heterocycles. The first-order valence-corrected chi connectivity index (χ1v) is 33.2. The second kappa shape index (κ2) is 57.3. The smallest absolute Gasteiger partial charge is 0.333 e. The van der Waals surface area contributed by atoms with E-state index < -0.39 is 5.97 Å². The Balaban J connectivity index is 3.58. The first kappa shape index (κ1) is 79.2. The van der Waals surface area contributed by atoms with Crippen LogP contribution >= 0.6 is 0 Å². The highest BCUT2D eigenvalue weighted by Gasteiger charge is 2.12. The Hall–Kier alpha value is -4.82. The van der Waals surface area contributed by atoms with Crippen LogP contribution in [0.5, 0.6) is 0 Å². The van der Waals surface area contributed by atoms with Crippen molar-refractivity contribution in [3.8, 4) is 0 Å². The van der Waals surface area contributed by atoms with Crippen molar-refractivity contribution in [1.82, 2.24) is 0 Å². The van der Waals surface area contributed by atoms with Gasteiger partial charge in [-0.05, 0) is 148 Å². The fourth-order valence-electron chi connectivity index (χ4n) is 9.93. The molecule has 15 nitrogen and oxygen atoms in total. The van der Waals surface area contributed by atoms with Crippen LogP contribution in [0.1, 0.15) is 334 Å². The van der Waals surface area contributed by atoms with Gasteiger partial charge in [0.2, 0.25) is 0 Å². The zero-order valence-electron chi connectivity index (χ0n) is 52.8. The molecule has 0 aliphatic rings. The van der Waals surface area contributed by atoms with Crippen molar-refractivity contribution >= 4 is 70.0 Å². The lowest BCUT2D eigenvalue weighted by atomic mass is 10.0. The summed E-state index contributed by atoms with van der Waals surface area (Å²) in [6.07, 6.45) is 34.8. The van der Waals surface area contributed by atoms with E-state index in [1.54, 1.807) is 6.92 Å². The number of carbonyl (C=O) groups excluding carboxylic acids is 12. The molecule has 0 fully saturated rings. The average Bonchev–Trinajstić information content (AvgIpc) is 3.46. The molecular formula is C69H114O15. The summed E-state index contributed by atoms with van der Waals surface area (Å²) in [5.41, 5.74) is 0.318. The number of methoxy groups -OCH3 is 1. The van der Waals surface area contributed by atoms with Gasteiger partial charge in [-0.3, -0.25) is 52.7 Å². The lowest BCUT2D eigenvalue weighted by Gasteiger charge is -2.06. The van der Waals surface area contributed by atoms with Gasteiger partial charge in [0.25, 0.3) is 0 Å². The second-order valence-corrected chi connectivity index (χ2v) is 23.5. The minimum Gasteiger partial charge on any atom is -0.469 e. The topological polar surface area (TPSA) is 233 Å². The Morgan fingerprint density at radius 3 is 0.607 bits per heavy atom. The van der Waals surface area contributed by atoms with Gasteiger partial charge in [-0.25, -0.2) is 4.79 Å². The Morgan fingerprint density at radius 2 is 0.405 bits per heavy atom. The Kier molecular flexibility index (Phi) is 54.0. The maximum absolute atomic E-state index is 12.4. The molecule has 0 aromatic heterocycles. The molecule has 0 aromatic rings. The number of ketones is 9. The molecule has 0 aromatic carbocycles. The van der Waals surface area contributed by atoms with Gasteiger partial charge in [0.05, 0.1) is 20.3 Å². The predicted octanol–water partition coefficient (Wildman–Crippen LogP) is 15.8. The van der Waals surface area contributed by atoms with Crippen molar-refractivity contribution in [2.24, 2.45) is 0 Å². The van der Waals surface area contributed by atoms with Crippen LogP contribution in [0, 0.1) is 0 Å². The van der Waals surface area contributed by atoms with E-state index in [4.69, 9.17) is 9.47 Å². The van der Waals surface area contributed by atoms with Gasteiger partial charge in [0, 0.05) is 134 Å². The van der Waals surface area contributed by atoms with Gasteiger partial charge in [0.15, 0.2) is 0 Å². The zero-order chi connectivity index (χ0) is 62.1. The lowest BCUT2D eigenvalue weighted by molar-refractivity contribution is -0.146. The van der Waals surface area contributed by atoms with E-state index in [1.807, 2.05) is 0 Å². The molecule has 0 aliphatic carbocycles. The van der Waals surface area contributed by atoms with Crippen molar-refractivity contribution < 1.29 is 71.7 Å². The summed E-state index contributed by atoms with van der Waals surface area (Å²) >= 11 is 0. The quantitative estimate of drug-likeness (QED) is 0.0238. The highest BCUT2D eigenvalue weighted by atomic mass is 16.5. The SMILES string of the molecule is C=C(C)C(=O)OCCCC(=O)OCCCCCC(=O)CCCCCC(=O)CCCCCC(=O)CCCCCC(=O)CCCCCC(=O)CCCCCC(=O)CCCCCC(=O)CCCCCC(=O)CCCCCC(=O)CCCCCC(=O)OC.